The maximum atomic E-state index is 13.3. The van der Waals surface area contributed by atoms with E-state index in [1.165, 1.54) is 23.1 Å². The van der Waals surface area contributed by atoms with E-state index in [2.05, 4.69) is 79.9 Å². The number of hydrogen-bond acceptors (Lipinski definition) is 2. The van der Waals surface area contributed by atoms with Gasteiger partial charge in [-0.2, -0.15) is 0 Å². The zero-order chi connectivity index (χ0) is 24.8. The van der Waals surface area contributed by atoms with Gasteiger partial charge in [-0.3, -0.25) is 4.79 Å². The van der Waals surface area contributed by atoms with Crippen molar-refractivity contribution in [1.29, 1.82) is 0 Å². The first-order valence-electron chi connectivity index (χ1n) is 12.8. The summed E-state index contributed by atoms with van der Waals surface area (Å²) in [6.45, 7) is 7.22. The molecule has 0 spiro atoms. The smallest absolute Gasteiger partial charge is 0.224 e. The minimum Gasteiger partial charge on any atom is -0.349 e. The van der Waals surface area contributed by atoms with Gasteiger partial charge in [-0.15, -0.1) is 0 Å². The Hall–Kier alpha value is -2.62. The molecule has 0 radical (unpaired) electrons. The zero-order valence-electron chi connectivity index (χ0n) is 21.1. The molecule has 35 heavy (non-hydrogen) atoms. The predicted molar refractivity (Wildman–Crippen MR) is 145 cm³/mol. The molecule has 4 rings (SSSR count). The van der Waals surface area contributed by atoms with E-state index in [4.69, 9.17) is 11.6 Å². The van der Waals surface area contributed by atoms with Gasteiger partial charge in [0, 0.05) is 23.0 Å². The molecule has 2 N–H and O–H groups in total. The fourth-order valence-corrected chi connectivity index (χ4v) is 5.29. The summed E-state index contributed by atoms with van der Waals surface area (Å²) in [5.74, 6) is 0.489. The number of nitrogens with one attached hydrogen (secondary N) is 2. The van der Waals surface area contributed by atoms with E-state index in [0.717, 1.165) is 36.4 Å². The Bertz CT molecular complexity index is 1090. The highest BCUT2D eigenvalue weighted by molar-refractivity contribution is 6.30. The second-order valence-corrected chi connectivity index (χ2v) is 10.8. The Balaban J connectivity index is 1.39. The van der Waals surface area contributed by atoms with Gasteiger partial charge in [-0.05, 0) is 73.9 Å². The number of halogens is 1. The van der Waals surface area contributed by atoms with Crippen LogP contribution in [0.2, 0.25) is 5.02 Å². The molecule has 1 aliphatic rings. The van der Waals surface area contributed by atoms with Crippen LogP contribution in [0.15, 0.2) is 78.9 Å². The Morgan fingerprint density at radius 1 is 0.943 bits per heavy atom. The highest BCUT2D eigenvalue weighted by atomic mass is 35.5. The third-order valence-electron chi connectivity index (χ3n) is 7.47. The van der Waals surface area contributed by atoms with Crippen LogP contribution in [-0.4, -0.2) is 5.91 Å². The molecule has 3 nitrogen and oxygen atoms in total. The molecule has 0 heterocycles. The van der Waals surface area contributed by atoms with Gasteiger partial charge in [-0.1, -0.05) is 91.2 Å². The van der Waals surface area contributed by atoms with Gasteiger partial charge < -0.3 is 10.6 Å². The standard InChI is InChI=1S/C31H37ClN2O/c1-22(24-9-5-4-6-10-24)34-30(35)29-12-8-7-11-28(29)25-15-13-23(14-16-25)21-33-31(2,3)26-17-19-27(32)20-18-26/h4-6,9-10,13-20,22,28-29,33H,7-8,11-12,21H2,1-3H3,(H,34,35)/t22-,28+,29-/m0/s1. The number of rotatable bonds is 8. The summed E-state index contributed by atoms with van der Waals surface area (Å²) in [5.41, 5.74) is 4.71. The molecule has 0 aromatic heterocycles. The van der Waals surface area contributed by atoms with Gasteiger partial charge in [0.1, 0.15) is 0 Å². The maximum Gasteiger partial charge on any atom is 0.224 e. The number of carbonyl (C=O) groups is 1. The SMILES string of the molecule is C[C@H](NC(=O)[C@H]1CCCC[C@@H]1c1ccc(CNC(C)(C)c2ccc(Cl)cc2)cc1)c1ccccc1. The first-order chi connectivity index (χ1) is 16.8. The lowest BCUT2D eigenvalue weighted by atomic mass is 9.74. The summed E-state index contributed by atoms with van der Waals surface area (Å²) in [7, 11) is 0. The van der Waals surface area contributed by atoms with Crippen molar-refractivity contribution in [3.63, 3.8) is 0 Å². The van der Waals surface area contributed by atoms with E-state index < -0.39 is 0 Å². The van der Waals surface area contributed by atoms with Gasteiger partial charge in [0.25, 0.3) is 0 Å². The molecular formula is C31H37ClN2O. The molecule has 3 aromatic carbocycles. The largest absolute Gasteiger partial charge is 0.349 e. The average molecular weight is 489 g/mol. The van der Waals surface area contributed by atoms with E-state index in [9.17, 15) is 4.79 Å². The van der Waals surface area contributed by atoms with Crippen molar-refractivity contribution >= 4 is 17.5 Å². The van der Waals surface area contributed by atoms with Crippen LogP contribution in [0, 0.1) is 5.92 Å². The Labute approximate surface area is 215 Å². The number of carbonyl (C=O) groups excluding carboxylic acids is 1. The number of amides is 1. The van der Waals surface area contributed by atoms with E-state index in [1.54, 1.807) is 0 Å². The Kier molecular flexibility index (Phi) is 8.30. The van der Waals surface area contributed by atoms with Crippen LogP contribution in [0.5, 0.6) is 0 Å². The first kappa shape index (κ1) is 25.5. The highest BCUT2D eigenvalue weighted by Crippen LogP contribution is 2.38. The molecule has 0 unspecified atom stereocenters. The molecule has 1 fully saturated rings. The molecule has 3 aromatic rings. The second-order valence-electron chi connectivity index (χ2n) is 10.4. The van der Waals surface area contributed by atoms with E-state index >= 15 is 0 Å². The van der Waals surface area contributed by atoms with Crippen molar-refractivity contribution in [2.75, 3.05) is 0 Å². The summed E-state index contributed by atoms with van der Waals surface area (Å²) >= 11 is 6.05. The van der Waals surface area contributed by atoms with Crippen molar-refractivity contribution in [2.24, 2.45) is 5.92 Å². The van der Waals surface area contributed by atoms with Gasteiger partial charge in [0.2, 0.25) is 5.91 Å². The Morgan fingerprint density at radius 2 is 1.60 bits per heavy atom. The van der Waals surface area contributed by atoms with E-state index in [0.29, 0.717) is 0 Å². The average Bonchev–Trinajstić information content (AvgIpc) is 2.88. The topological polar surface area (TPSA) is 41.1 Å². The molecule has 1 aliphatic carbocycles. The van der Waals surface area contributed by atoms with Crippen LogP contribution in [0.4, 0.5) is 0 Å². The molecule has 1 saturated carbocycles. The van der Waals surface area contributed by atoms with Crippen LogP contribution < -0.4 is 10.6 Å². The molecular weight excluding hydrogens is 452 g/mol. The van der Waals surface area contributed by atoms with Crippen LogP contribution >= 0.6 is 11.6 Å². The van der Waals surface area contributed by atoms with Gasteiger partial charge >= 0.3 is 0 Å². The molecule has 0 saturated heterocycles. The van der Waals surface area contributed by atoms with Crippen molar-refractivity contribution in [3.05, 3.63) is 106 Å². The lowest BCUT2D eigenvalue weighted by Crippen LogP contribution is -2.37. The van der Waals surface area contributed by atoms with Crippen LogP contribution in [0.25, 0.3) is 0 Å². The van der Waals surface area contributed by atoms with Crippen molar-refractivity contribution in [3.8, 4) is 0 Å². The summed E-state index contributed by atoms with van der Waals surface area (Å²) in [6, 6.07) is 27.1. The van der Waals surface area contributed by atoms with Crippen LogP contribution in [0.1, 0.15) is 80.7 Å². The highest BCUT2D eigenvalue weighted by Gasteiger charge is 2.32. The van der Waals surface area contributed by atoms with Gasteiger partial charge in [-0.25, -0.2) is 0 Å². The van der Waals surface area contributed by atoms with Crippen molar-refractivity contribution in [1.82, 2.24) is 10.6 Å². The monoisotopic (exact) mass is 488 g/mol. The lowest BCUT2D eigenvalue weighted by Gasteiger charge is -2.32. The van der Waals surface area contributed by atoms with Crippen LogP contribution in [0.3, 0.4) is 0 Å². The fourth-order valence-electron chi connectivity index (χ4n) is 5.16. The third kappa shape index (κ3) is 6.54. The molecule has 184 valence electrons. The quantitative estimate of drug-likeness (QED) is 0.344. The minimum absolute atomic E-state index is 0.0173. The lowest BCUT2D eigenvalue weighted by molar-refractivity contribution is -0.127. The molecule has 4 heteroatoms. The van der Waals surface area contributed by atoms with Crippen LogP contribution in [-0.2, 0) is 16.9 Å². The summed E-state index contributed by atoms with van der Waals surface area (Å²) < 4.78 is 0. The van der Waals surface area contributed by atoms with Crippen molar-refractivity contribution < 1.29 is 4.79 Å². The number of benzene rings is 3. The predicted octanol–water partition coefficient (Wildman–Crippen LogP) is 7.52. The third-order valence-corrected chi connectivity index (χ3v) is 7.72. The summed E-state index contributed by atoms with van der Waals surface area (Å²) in [6.07, 6.45) is 4.33. The molecule has 3 atom stereocenters. The van der Waals surface area contributed by atoms with E-state index in [1.807, 2.05) is 30.3 Å². The maximum absolute atomic E-state index is 13.3. The van der Waals surface area contributed by atoms with Gasteiger partial charge in [0.05, 0.1) is 6.04 Å². The molecule has 1 amide bonds. The van der Waals surface area contributed by atoms with E-state index in [-0.39, 0.29) is 29.3 Å². The normalized spacial score (nSPS) is 19.2. The molecule has 0 bridgehead atoms. The fraction of sp³-hybridized carbons (Fsp3) is 0.387. The zero-order valence-corrected chi connectivity index (χ0v) is 21.8. The Morgan fingerprint density at radius 3 is 2.29 bits per heavy atom. The summed E-state index contributed by atoms with van der Waals surface area (Å²) in [5, 5.41) is 7.70. The number of hydrogen-bond donors (Lipinski definition) is 2. The second kappa shape index (κ2) is 11.4. The van der Waals surface area contributed by atoms with Crippen molar-refractivity contribution in [2.45, 2.75) is 70.5 Å². The first-order valence-corrected chi connectivity index (χ1v) is 13.2. The minimum atomic E-state index is -0.161. The summed E-state index contributed by atoms with van der Waals surface area (Å²) in [4.78, 5) is 13.3. The molecule has 0 aliphatic heterocycles. The van der Waals surface area contributed by atoms with Gasteiger partial charge in [0.15, 0.2) is 0 Å².